The standard InChI is InChI=1S/C54H76F2N10O2/c1-31(2)40(57)30-64-22-10-12-47(64)51-59-41-16-14-34(26-43(41)61-51)45-18-19-46(66(45)37-28-38(55)50(39(56)29-37)63-24-20-36(21-25-63)54(6,7)8)35-15-17-42-44(27-35)62-52(60-42)48-13-11-23-65(48)53(67)49(32(3)4)58-33(5)68-9/h14,16-17,26-29,31-32,35-36,40,45-49,58H,5,10-13,15,18-25,30,57H2,1-4,6-9H3,(H,59,61)(H,60,62)/t35?,40-,45-,46-,47+,48+,49+/m1/s1. The average molecular weight is 935 g/mol. The minimum Gasteiger partial charge on any atom is -0.483 e. The Bertz CT molecular complexity index is 2570. The topological polar surface area (TPSA) is 135 Å². The second-order valence-corrected chi connectivity index (χ2v) is 22.3. The number of hydrogen-bond acceptors (Lipinski definition) is 9. The monoisotopic (exact) mass is 935 g/mol. The Kier molecular flexibility index (Phi) is 13.8. The Labute approximate surface area is 401 Å². The molecule has 5 N–H and O–H groups in total. The molecule has 0 spiro atoms. The van der Waals surface area contributed by atoms with Crippen LogP contribution in [0.25, 0.3) is 23.2 Å². The van der Waals surface area contributed by atoms with Gasteiger partial charge in [-0.3, -0.25) is 9.69 Å². The fourth-order valence-electron chi connectivity index (χ4n) is 12.1. The summed E-state index contributed by atoms with van der Waals surface area (Å²) in [6.07, 6.45) is 12.5. The highest BCUT2D eigenvalue weighted by Gasteiger charge is 2.42. The van der Waals surface area contributed by atoms with Crippen LogP contribution < -0.4 is 31.5 Å². The molecule has 12 nitrogen and oxygen atoms in total. The number of benzene rings is 2. The molecule has 14 heteroatoms. The van der Waals surface area contributed by atoms with E-state index in [4.69, 9.17) is 20.4 Å². The van der Waals surface area contributed by atoms with Gasteiger partial charge < -0.3 is 40.5 Å². The van der Waals surface area contributed by atoms with Crippen LogP contribution in [-0.2, 0) is 9.53 Å². The molecular formula is C54H76F2N10O2. The van der Waals surface area contributed by atoms with Crippen molar-refractivity contribution in [1.82, 2.24) is 35.1 Å². The van der Waals surface area contributed by atoms with Crippen LogP contribution in [0.5, 0.6) is 0 Å². The van der Waals surface area contributed by atoms with Crippen LogP contribution in [0.4, 0.5) is 20.2 Å². The number of nitrogens with zero attached hydrogens (tertiary/aromatic N) is 6. The number of ether oxygens (including phenoxy) is 1. The van der Waals surface area contributed by atoms with E-state index in [1.165, 1.54) is 0 Å². The van der Waals surface area contributed by atoms with Crippen molar-refractivity contribution in [3.8, 4) is 0 Å². The smallest absolute Gasteiger partial charge is 0.246 e. The molecule has 1 amide bonds. The van der Waals surface area contributed by atoms with Crippen molar-refractivity contribution in [2.24, 2.45) is 34.8 Å². The lowest BCUT2D eigenvalue weighted by molar-refractivity contribution is -0.135. The summed E-state index contributed by atoms with van der Waals surface area (Å²) in [5.74, 6) is 2.06. The first-order valence-corrected chi connectivity index (χ1v) is 25.6. The van der Waals surface area contributed by atoms with Gasteiger partial charge in [0.25, 0.3) is 0 Å². The quantitative estimate of drug-likeness (QED) is 0.0922. The SMILES string of the molecule is C=C(N[C@H](C(=O)N1CCC[C@H]1c1nc2c([nH]1)=CC([C@H]1CC[C@H](c3ccc4nc([C@@H]5CCCN5C[C@@H](N)C(C)C)[nH]c4c3)N1c1cc(F)c(N3CCC(C(C)(C)C)CC3)c(F)c1)CC=2)C(C)C)OC. The zero-order valence-corrected chi connectivity index (χ0v) is 41.8. The maximum Gasteiger partial charge on any atom is 0.246 e. The molecule has 2 aromatic carbocycles. The summed E-state index contributed by atoms with van der Waals surface area (Å²) in [6, 6.07) is 9.08. The van der Waals surface area contributed by atoms with E-state index in [0.29, 0.717) is 43.0 Å². The Balaban J connectivity index is 1.03. The van der Waals surface area contributed by atoms with Crippen LogP contribution in [0.3, 0.4) is 0 Å². The number of carbonyl (C=O) groups is 1. The number of amides is 1. The molecule has 7 atom stereocenters. The average Bonchev–Trinajstić information content (AvgIpc) is 4.16. The Morgan fingerprint density at radius 1 is 0.897 bits per heavy atom. The molecule has 0 saturated carbocycles. The molecular weight excluding hydrogens is 859 g/mol. The Hall–Kier alpha value is -4.95. The molecule has 9 rings (SSSR count). The minimum absolute atomic E-state index is 0.00448. The van der Waals surface area contributed by atoms with Crippen LogP contribution in [0.15, 0.2) is 42.8 Å². The van der Waals surface area contributed by atoms with Gasteiger partial charge in [0.1, 0.15) is 23.4 Å². The number of fused-ring (bicyclic) bond motifs is 2. The third-order valence-electron chi connectivity index (χ3n) is 16.2. The zero-order chi connectivity index (χ0) is 48.2. The van der Waals surface area contributed by atoms with Gasteiger partial charge in [-0.05, 0) is 124 Å². The number of rotatable bonds is 14. The van der Waals surface area contributed by atoms with Crippen molar-refractivity contribution in [3.63, 3.8) is 0 Å². The number of imidazole rings is 2. The van der Waals surface area contributed by atoms with Gasteiger partial charge in [-0.1, -0.05) is 66.7 Å². The van der Waals surface area contributed by atoms with Crippen LogP contribution in [0.1, 0.15) is 142 Å². The minimum atomic E-state index is -0.512. The molecule has 2 aromatic heterocycles. The molecule has 0 bridgehead atoms. The van der Waals surface area contributed by atoms with E-state index in [1.54, 1.807) is 19.2 Å². The van der Waals surface area contributed by atoms with E-state index in [1.807, 2.05) is 23.6 Å². The maximum absolute atomic E-state index is 16.7. The van der Waals surface area contributed by atoms with Crippen molar-refractivity contribution in [2.75, 3.05) is 49.6 Å². The molecule has 1 unspecified atom stereocenters. The first kappa shape index (κ1) is 48.1. The summed E-state index contributed by atoms with van der Waals surface area (Å²) in [5, 5.41) is 4.99. The molecule has 0 radical (unpaired) electrons. The summed E-state index contributed by atoms with van der Waals surface area (Å²) in [7, 11) is 1.55. The third-order valence-corrected chi connectivity index (χ3v) is 16.2. The van der Waals surface area contributed by atoms with E-state index in [0.717, 1.165) is 110 Å². The third kappa shape index (κ3) is 9.52. The first-order valence-electron chi connectivity index (χ1n) is 25.6. The maximum atomic E-state index is 16.7. The molecule has 4 aliphatic heterocycles. The van der Waals surface area contributed by atoms with E-state index >= 15 is 8.78 Å². The molecule has 68 heavy (non-hydrogen) atoms. The number of aromatic amines is 2. The molecule has 4 saturated heterocycles. The van der Waals surface area contributed by atoms with Gasteiger partial charge in [0.05, 0.1) is 47.0 Å². The first-order chi connectivity index (χ1) is 32.5. The van der Waals surface area contributed by atoms with Gasteiger partial charge in [-0.15, -0.1) is 0 Å². The zero-order valence-electron chi connectivity index (χ0n) is 41.8. The van der Waals surface area contributed by atoms with Crippen LogP contribution in [-0.4, -0.2) is 93.6 Å². The van der Waals surface area contributed by atoms with Crippen molar-refractivity contribution < 1.29 is 18.3 Å². The lowest BCUT2D eigenvalue weighted by Gasteiger charge is -2.40. The van der Waals surface area contributed by atoms with Crippen molar-refractivity contribution in [2.45, 2.75) is 143 Å². The van der Waals surface area contributed by atoms with Gasteiger partial charge in [0, 0.05) is 49.9 Å². The van der Waals surface area contributed by atoms with Gasteiger partial charge in [-0.2, -0.15) is 0 Å². The van der Waals surface area contributed by atoms with E-state index < -0.39 is 17.7 Å². The lowest BCUT2D eigenvalue weighted by atomic mass is 9.75. The molecule has 4 fully saturated rings. The van der Waals surface area contributed by atoms with Crippen LogP contribution in [0.2, 0.25) is 0 Å². The van der Waals surface area contributed by atoms with E-state index in [-0.39, 0.29) is 59.1 Å². The summed E-state index contributed by atoms with van der Waals surface area (Å²) >= 11 is 0. The van der Waals surface area contributed by atoms with Gasteiger partial charge in [-0.25, -0.2) is 18.7 Å². The number of piperidine rings is 1. The largest absolute Gasteiger partial charge is 0.483 e. The Morgan fingerprint density at radius 3 is 2.29 bits per heavy atom. The fourth-order valence-corrected chi connectivity index (χ4v) is 12.1. The normalized spacial score (nSPS) is 24.7. The molecule has 4 aromatic rings. The number of methoxy groups -OCH3 is 1. The van der Waals surface area contributed by atoms with Gasteiger partial charge in [0.2, 0.25) is 5.91 Å². The predicted molar refractivity (Wildman–Crippen MR) is 268 cm³/mol. The van der Waals surface area contributed by atoms with Crippen LogP contribution in [0, 0.1) is 40.7 Å². The molecule has 1 aliphatic carbocycles. The Morgan fingerprint density at radius 2 is 1.60 bits per heavy atom. The number of carbonyl (C=O) groups excluding carboxylic acids is 1. The lowest BCUT2D eigenvalue weighted by Crippen LogP contribution is -2.49. The summed E-state index contributed by atoms with van der Waals surface area (Å²) in [6.45, 7) is 22.8. The van der Waals surface area contributed by atoms with Crippen molar-refractivity contribution >= 4 is 40.5 Å². The number of nitrogens with two attached hydrogens (primary N) is 1. The summed E-state index contributed by atoms with van der Waals surface area (Å²) in [5.41, 5.74) is 10.3. The predicted octanol–water partition coefficient (Wildman–Crippen LogP) is 8.33. The fraction of sp³-hybridized carbons (Fsp3) is 0.611. The molecule has 368 valence electrons. The molecule has 6 heterocycles. The number of nitrogens with one attached hydrogen (secondary N) is 3. The van der Waals surface area contributed by atoms with Gasteiger partial charge in [0.15, 0.2) is 17.5 Å². The number of hydrogen-bond donors (Lipinski definition) is 4. The highest BCUT2D eigenvalue weighted by atomic mass is 19.1. The summed E-state index contributed by atoms with van der Waals surface area (Å²) < 4.78 is 38.7. The number of aromatic nitrogens is 4. The number of anilines is 2. The number of halogens is 2. The second-order valence-electron chi connectivity index (χ2n) is 22.3. The second kappa shape index (κ2) is 19.4. The number of H-pyrrole nitrogens is 2. The van der Waals surface area contributed by atoms with Crippen LogP contribution >= 0.6 is 0 Å². The van der Waals surface area contributed by atoms with E-state index in [9.17, 15) is 4.79 Å². The van der Waals surface area contributed by atoms with Crippen molar-refractivity contribution in [1.29, 1.82) is 0 Å². The highest BCUT2D eigenvalue weighted by molar-refractivity contribution is 5.83. The highest BCUT2D eigenvalue weighted by Crippen LogP contribution is 2.46. The summed E-state index contributed by atoms with van der Waals surface area (Å²) in [4.78, 5) is 40.3. The molecule has 5 aliphatic rings. The number of likely N-dealkylation sites (tertiary alicyclic amines) is 2. The van der Waals surface area contributed by atoms with Gasteiger partial charge >= 0.3 is 0 Å². The van der Waals surface area contributed by atoms with Crippen molar-refractivity contribution in [3.05, 3.63) is 82.3 Å². The van der Waals surface area contributed by atoms with E-state index in [2.05, 4.69) is 96.6 Å².